The van der Waals surface area contributed by atoms with Crippen LogP contribution in [-0.4, -0.2) is 19.0 Å². The maximum absolute atomic E-state index is 11.6. The number of nitrogens with two attached hydrogens (primary N) is 2. The largest absolute Gasteiger partial charge is 0.397 e. The van der Waals surface area contributed by atoms with Crippen molar-refractivity contribution in [3.05, 3.63) is 10.4 Å². The molecule has 1 aromatic rings. The smallest absolute Gasteiger partial charge is 0.260 e. The molecule has 1 amide bonds. The summed E-state index contributed by atoms with van der Waals surface area (Å²) in [5.41, 5.74) is 13.5. The summed E-state index contributed by atoms with van der Waals surface area (Å²) in [7, 11) is 0. The third-order valence-electron chi connectivity index (χ3n) is 4.32. The molecule has 3 rings (SSSR count). The number of thiophene rings is 1. The lowest BCUT2D eigenvalue weighted by Gasteiger charge is -2.26. The van der Waals surface area contributed by atoms with Crippen LogP contribution in [0.15, 0.2) is 0 Å². The Kier molecular flexibility index (Phi) is 3.87. The van der Waals surface area contributed by atoms with Gasteiger partial charge < -0.3 is 16.4 Å². The molecule has 1 aromatic heterocycles. The summed E-state index contributed by atoms with van der Waals surface area (Å²) in [5, 5.41) is 1.22. The third kappa shape index (κ3) is 2.64. The monoisotopic (exact) mass is 293 g/mol. The van der Waals surface area contributed by atoms with Gasteiger partial charge in [0, 0.05) is 18.7 Å². The van der Waals surface area contributed by atoms with E-state index >= 15 is 0 Å². The van der Waals surface area contributed by atoms with Crippen LogP contribution in [0, 0.1) is 0 Å². The summed E-state index contributed by atoms with van der Waals surface area (Å²) in [6.45, 7) is 2.16. The summed E-state index contributed by atoms with van der Waals surface area (Å²) >= 11 is 1.51. The summed E-state index contributed by atoms with van der Waals surface area (Å²) in [6.07, 6.45) is 8.81. The molecule has 0 spiro atoms. The molecule has 1 saturated heterocycles. The summed E-state index contributed by atoms with van der Waals surface area (Å²) in [4.78, 5) is 14.6. The summed E-state index contributed by atoms with van der Waals surface area (Å²) in [5.74, 6) is 0.174. The first kappa shape index (κ1) is 13.7. The molecular weight excluding hydrogens is 270 g/mol. The predicted molar refractivity (Wildman–Crippen MR) is 84.5 cm³/mol. The molecule has 20 heavy (non-hydrogen) atoms. The zero-order valence-corrected chi connectivity index (χ0v) is 12.7. The van der Waals surface area contributed by atoms with E-state index in [1.165, 1.54) is 66.8 Å². The Morgan fingerprint density at radius 3 is 2.25 bits per heavy atom. The molecule has 2 fully saturated rings. The number of anilines is 2. The molecule has 0 atom stereocenters. The van der Waals surface area contributed by atoms with Crippen molar-refractivity contribution in [1.29, 1.82) is 0 Å². The lowest BCUT2D eigenvalue weighted by molar-refractivity contribution is 0.100. The molecule has 4 nitrogen and oxygen atoms in total. The van der Waals surface area contributed by atoms with Gasteiger partial charge in [-0.05, 0) is 31.6 Å². The van der Waals surface area contributed by atoms with E-state index in [2.05, 4.69) is 4.90 Å². The van der Waals surface area contributed by atoms with Crippen molar-refractivity contribution in [3.8, 4) is 0 Å². The molecular formula is C15H23N3OS. The molecule has 2 heterocycles. The minimum absolute atomic E-state index is 0.382. The molecule has 1 aliphatic carbocycles. The van der Waals surface area contributed by atoms with Crippen molar-refractivity contribution in [2.45, 2.75) is 50.9 Å². The number of carbonyl (C=O) groups is 1. The zero-order valence-electron chi connectivity index (χ0n) is 11.9. The Bertz CT molecular complexity index is 499. The van der Waals surface area contributed by atoms with E-state index in [4.69, 9.17) is 11.5 Å². The van der Waals surface area contributed by atoms with Gasteiger partial charge in [0.05, 0.1) is 10.7 Å². The van der Waals surface area contributed by atoms with Gasteiger partial charge in [0.25, 0.3) is 5.91 Å². The number of nitrogens with zero attached hydrogens (tertiary/aromatic N) is 1. The van der Waals surface area contributed by atoms with Gasteiger partial charge in [0.1, 0.15) is 4.88 Å². The second-order valence-corrected chi connectivity index (χ2v) is 6.96. The van der Waals surface area contributed by atoms with Crippen molar-refractivity contribution in [1.82, 2.24) is 0 Å². The van der Waals surface area contributed by atoms with E-state index in [1.807, 2.05) is 0 Å². The van der Waals surface area contributed by atoms with Gasteiger partial charge in [-0.25, -0.2) is 0 Å². The third-order valence-corrected chi connectivity index (χ3v) is 5.61. The first-order chi connectivity index (χ1) is 9.68. The van der Waals surface area contributed by atoms with Crippen LogP contribution < -0.4 is 16.4 Å². The Morgan fingerprint density at radius 2 is 1.70 bits per heavy atom. The van der Waals surface area contributed by atoms with Gasteiger partial charge in [-0.2, -0.15) is 0 Å². The number of hydrogen-bond acceptors (Lipinski definition) is 4. The van der Waals surface area contributed by atoms with E-state index in [9.17, 15) is 4.79 Å². The Balaban J connectivity index is 1.93. The Morgan fingerprint density at radius 1 is 1.10 bits per heavy atom. The number of hydrogen-bond donors (Lipinski definition) is 2. The quantitative estimate of drug-likeness (QED) is 0.899. The van der Waals surface area contributed by atoms with Crippen molar-refractivity contribution in [2.75, 3.05) is 23.7 Å². The molecule has 5 heteroatoms. The van der Waals surface area contributed by atoms with Crippen molar-refractivity contribution in [2.24, 2.45) is 5.73 Å². The van der Waals surface area contributed by atoms with Crippen LogP contribution in [0.2, 0.25) is 0 Å². The lowest BCUT2D eigenvalue weighted by atomic mass is 10.1. The normalized spacial score (nSPS) is 20.5. The lowest BCUT2D eigenvalue weighted by Crippen LogP contribution is -2.27. The van der Waals surface area contributed by atoms with Crippen LogP contribution in [0.3, 0.4) is 0 Å². The number of amides is 1. The standard InChI is InChI=1S/C15H23N3OS/c16-12-11(10-6-7-10)15(20-13(12)14(17)19)18-8-4-2-1-3-5-9-18/h10H,1-9,16H2,(H2,17,19). The van der Waals surface area contributed by atoms with E-state index in [0.29, 0.717) is 16.5 Å². The van der Waals surface area contributed by atoms with Crippen LogP contribution in [0.1, 0.15) is 66.1 Å². The van der Waals surface area contributed by atoms with Crippen LogP contribution in [0.25, 0.3) is 0 Å². The number of rotatable bonds is 3. The first-order valence-electron chi connectivity index (χ1n) is 7.65. The van der Waals surface area contributed by atoms with E-state index in [-0.39, 0.29) is 5.91 Å². The van der Waals surface area contributed by atoms with Crippen LogP contribution in [-0.2, 0) is 0 Å². The fraction of sp³-hybridized carbons (Fsp3) is 0.667. The zero-order chi connectivity index (χ0) is 14.1. The van der Waals surface area contributed by atoms with E-state index < -0.39 is 0 Å². The minimum Gasteiger partial charge on any atom is -0.397 e. The molecule has 0 radical (unpaired) electrons. The van der Waals surface area contributed by atoms with Gasteiger partial charge >= 0.3 is 0 Å². The second-order valence-electron chi connectivity index (χ2n) is 5.96. The van der Waals surface area contributed by atoms with Crippen molar-refractivity contribution < 1.29 is 4.79 Å². The Labute approximate surface area is 124 Å². The molecule has 4 N–H and O–H groups in total. The summed E-state index contributed by atoms with van der Waals surface area (Å²) in [6, 6.07) is 0. The minimum atomic E-state index is -0.382. The van der Waals surface area contributed by atoms with Gasteiger partial charge in [0.15, 0.2) is 0 Å². The fourth-order valence-corrected chi connectivity index (χ4v) is 4.29. The Hall–Kier alpha value is -1.23. The van der Waals surface area contributed by atoms with E-state index in [1.54, 1.807) is 0 Å². The molecule has 1 aliphatic heterocycles. The topological polar surface area (TPSA) is 72.4 Å². The molecule has 110 valence electrons. The molecule has 0 unspecified atom stereocenters. The van der Waals surface area contributed by atoms with Gasteiger partial charge in [-0.15, -0.1) is 11.3 Å². The highest BCUT2D eigenvalue weighted by Gasteiger charge is 2.34. The molecule has 0 aromatic carbocycles. The second kappa shape index (κ2) is 5.64. The fourth-order valence-electron chi connectivity index (χ4n) is 3.08. The van der Waals surface area contributed by atoms with Crippen LogP contribution in [0.5, 0.6) is 0 Å². The van der Waals surface area contributed by atoms with Crippen molar-refractivity contribution >= 4 is 27.9 Å². The van der Waals surface area contributed by atoms with Gasteiger partial charge in [-0.3, -0.25) is 4.79 Å². The van der Waals surface area contributed by atoms with Gasteiger partial charge in [0.2, 0.25) is 0 Å². The molecule has 2 aliphatic rings. The average molecular weight is 293 g/mol. The summed E-state index contributed by atoms with van der Waals surface area (Å²) < 4.78 is 0. The maximum atomic E-state index is 11.6. The van der Waals surface area contributed by atoms with Gasteiger partial charge in [-0.1, -0.05) is 19.3 Å². The molecule has 1 saturated carbocycles. The predicted octanol–water partition coefficient (Wildman–Crippen LogP) is 3.08. The molecule has 0 bridgehead atoms. The highest BCUT2D eigenvalue weighted by Crippen LogP contribution is 2.52. The highest BCUT2D eigenvalue weighted by molar-refractivity contribution is 7.18. The van der Waals surface area contributed by atoms with Crippen molar-refractivity contribution in [3.63, 3.8) is 0 Å². The number of nitrogen functional groups attached to an aromatic ring is 1. The SMILES string of the molecule is NC(=O)c1sc(N2CCCCCCC2)c(C2CC2)c1N. The maximum Gasteiger partial charge on any atom is 0.260 e. The number of carbonyl (C=O) groups excluding carboxylic acids is 1. The van der Waals surface area contributed by atoms with Crippen LogP contribution >= 0.6 is 11.3 Å². The van der Waals surface area contributed by atoms with E-state index in [0.717, 1.165) is 13.1 Å². The number of primary amides is 1. The average Bonchev–Trinajstić information content (AvgIpc) is 3.13. The highest BCUT2D eigenvalue weighted by atomic mass is 32.1. The van der Waals surface area contributed by atoms with Crippen LogP contribution in [0.4, 0.5) is 10.7 Å². The first-order valence-corrected chi connectivity index (χ1v) is 8.47.